The van der Waals surface area contributed by atoms with Gasteiger partial charge in [-0.3, -0.25) is 25.0 Å². The van der Waals surface area contributed by atoms with Crippen LogP contribution >= 0.6 is 15.9 Å². The van der Waals surface area contributed by atoms with E-state index < -0.39 is 22.8 Å². The maximum absolute atomic E-state index is 13.6. The number of halogens is 1. The third-order valence-corrected chi connectivity index (χ3v) is 6.57. The predicted molar refractivity (Wildman–Crippen MR) is 156 cm³/mol. The van der Waals surface area contributed by atoms with Crippen LogP contribution in [0.15, 0.2) is 64.6 Å². The first kappa shape index (κ1) is 30.1. The molecule has 13 heteroatoms. The Bertz CT molecular complexity index is 1570. The average Bonchev–Trinajstić information content (AvgIpc) is 2.96. The van der Waals surface area contributed by atoms with E-state index in [2.05, 4.69) is 21.2 Å². The number of nitro groups is 1. The lowest BCUT2D eigenvalue weighted by atomic mass is 10.1. The van der Waals surface area contributed by atoms with E-state index in [1.54, 1.807) is 50.2 Å². The second-order valence-corrected chi connectivity index (χ2v) is 9.55. The van der Waals surface area contributed by atoms with Crippen LogP contribution in [0.4, 0.5) is 16.2 Å². The van der Waals surface area contributed by atoms with E-state index >= 15 is 0 Å². The van der Waals surface area contributed by atoms with E-state index in [-0.39, 0.29) is 41.7 Å². The van der Waals surface area contributed by atoms with E-state index in [1.165, 1.54) is 31.4 Å². The van der Waals surface area contributed by atoms with Gasteiger partial charge in [0.15, 0.2) is 11.5 Å². The molecule has 3 aromatic carbocycles. The lowest BCUT2D eigenvalue weighted by Crippen LogP contribution is -2.54. The molecule has 0 atom stereocenters. The molecule has 0 radical (unpaired) electrons. The quantitative estimate of drug-likeness (QED) is 0.126. The van der Waals surface area contributed by atoms with Gasteiger partial charge >= 0.3 is 6.03 Å². The minimum absolute atomic E-state index is 0.0347. The molecule has 4 rings (SSSR count). The first-order valence-corrected chi connectivity index (χ1v) is 13.5. The molecular weight excluding hydrogens is 614 g/mol. The molecule has 42 heavy (non-hydrogen) atoms. The van der Waals surface area contributed by atoms with Crippen molar-refractivity contribution in [3.05, 3.63) is 85.9 Å². The van der Waals surface area contributed by atoms with E-state index in [0.717, 1.165) is 4.90 Å². The topological polar surface area (TPSA) is 147 Å². The van der Waals surface area contributed by atoms with E-state index in [0.29, 0.717) is 33.7 Å². The number of ether oxygens (including phenoxy) is 4. The largest absolute Gasteiger partial charge is 0.494 e. The van der Waals surface area contributed by atoms with Crippen LogP contribution in [0.2, 0.25) is 0 Å². The molecule has 0 aliphatic carbocycles. The monoisotopic (exact) mass is 639 g/mol. The Hall–Kier alpha value is -4.91. The Morgan fingerprint density at radius 3 is 2.31 bits per heavy atom. The highest BCUT2D eigenvalue weighted by molar-refractivity contribution is 9.10. The number of methoxy groups -OCH3 is 1. The summed E-state index contributed by atoms with van der Waals surface area (Å²) in [5.41, 5.74) is 0.884. The second kappa shape index (κ2) is 13.2. The SMILES string of the molecule is CCOc1ccc(OCC)c(N2C(=O)NC(=O)/C(=C\c3cc(Br)c(OCc4ccc([N+](=O)[O-])cc4)c(OC)c3)C2=O)c1. The molecule has 0 saturated carbocycles. The van der Waals surface area contributed by atoms with Crippen LogP contribution in [0.1, 0.15) is 25.0 Å². The minimum Gasteiger partial charge on any atom is -0.494 e. The number of non-ortho nitro benzene ring substituents is 1. The predicted octanol–water partition coefficient (Wildman–Crippen LogP) is 5.41. The van der Waals surface area contributed by atoms with Crippen LogP contribution < -0.4 is 29.2 Å². The molecule has 1 heterocycles. The highest BCUT2D eigenvalue weighted by atomic mass is 79.9. The molecule has 0 aromatic heterocycles. The summed E-state index contributed by atoms with van der Waals surface area (Å²) in [6.07, 6.45) is 1.33. The zero-order valence-corrected chi connectivity index (χ0v) is 24.4. The van der Waals surface area contributed by atoms with Crippen LogP contribution in [0.25, 0.3) is 6.08 Å². The Morgan fingerprint density at radius 2 is 1.67 bits per heavy atom. The van der Waals surface area contributed by atoms with Crippen LogP contribution in [0.5, 0.6) is 23.0 Å². The minimum atomic E-state index is -0.925. The first-order valence-electron chi connectivity index (χ1n) is 12.7. The van der Waals surface area contributed by atoms with Gasteiger partial charge in [0, 0.05) is 18.2 Å². The summed E-state index contributed by atoms with van der Waals surface area (Å²) in [4.78, 5) is 50.5. The summed E-state index contributed by atoms with van der Waals surface area (Å²) in [7, 11) is 1.43. The average molecular weight is 640 g/mol. The number of nitrogens with one attached hydrogen (secondary N) is 1. The molecule has 3 aromatic rings. The molecule has 1 aliphatic heterocycles. The Kier molecular flexibility index (Phi) is 9.42. The van der Waals surface area contributed by atoms with Crippen molar-refractivity contribution < 1.29 is 38.3 Å². The van der Waals surface area contributed by atoms with Crippen molar-refractivity contribution in [2.75, 3.05) is 25.2 Å². The van der Waals surface area contributed by atoms with Crippen LogP contribution in [0.3, 0.4) is 0 Å². The highest BCUT2D eigenvalue weighted by Crippen LogP contribution is 2.39. The molecule has 218 valence electrons. The Balaban J connectivity index is 1.65. The summed E-state index contributed by atoms with van der Waals surface area (Å²) in [5.74, 6) is -0.421. The highest BCUT2D eigenvalue weighted by Gasteiger charge is 2.38. The van der Waals surface area contributed by atoms with Crippen molar-refractivity contribution in [3.8, 4) is 23.0 Å². The van der Waals surface area contributed by atoms with Gasteiger partial charge in [0.2, 0.25) is 0 Å². The van der Waals surface area contributed by atoms with Crippen molar-refractivity contribution in [2.45, 2.75) is 20.5 Å². The number of nitro benzene ring substituents is 1. The molecule has 0 unspecified atom stereocenters. The number of urea groups is 1. The Morgan fingerprint density at radius 1 is 0.952 bits per heavy atom. The number of rotatable bonds is 11. The fourth-order valence-electron chi connectivity index (χ4n) is 4.08. The van der Waals surface area contributed by atoms with Crippen molar-refractivity contribution in [2.24, 2.45) is 0 Å². The molecule has 1 aliphatic rings. The molecule has 1 fully saturated rings. The zero-order valence-electron chi connectivity index (χ0n) is 22.8. The first-order chi connectivity index (χ1) is 20.2. The van der Waals surface area contributed by atoms with Crippen LogP contribution in [-0.2, 0) is 16.2 Å². The number of anilines is 1. The van der Waals surface area contributed by atoms with Crippen molar-refractivity contribution in [1.82, 2.24) is 5.32 Å². The van der Waals surface area contributed by atoms with Gasteiger partial charge in [0.05, 0.1) is 35.4 Å². The van der Waals surface area contributed by atoms with Gasteiger partial charge in [0.1, 0.15) is 23.7 Å². The van der Waals surface area contributed by atoms with Crippen LogP contribution in [0, 0.1) is 10.1 Å². The number of carbonyl (C=O) groups is 3. The van der Waals surface area contributed by atoms with Gasteiger partial charge in [-0.25, -0.2) is 9.69 Å². The second-order valence-electron chi connectivity index (χ2n) is 8.70. The van der Waals surface area contributed by atoms with E-state index in [9.17, 15) is 24.5 Å². The van der Waals surface area contributed by atoms with Crippen molar-refractivity contribution in [3.63, 3.8) is 0 Å². The fraction of sp³-hybridized carbons (Fsp3) is 0.207. The third kappa shape index (κ3) is 6.52. The maximum atomic E-state index is 13.6. The normalized spacial score (nSPS) is 14.0. The molecule has 0 bridgehead atoms. The zero-order chi connectivity index (χ0) is 30.4. The molecule has 0 spiro atoms. The van der Waals surface area contributed by atoms with Crippen molar-refractivity contribution >= 4 is 51.2 Å². The molecule has 1 N–H and O–H groups in total. The van der Waals surface area contributed by atoms with Gasteiger partial charge in [-0.2, -0.15) is 0 Å². The number of carbonyl (C=O) groups excluding carboxylic acids is 3. The number of amides is 4. The fourth-order valence-corrected chi connectivity index (χ4v) is 4.66. The Labute approximate surface area is 249 Å². The summed E-state index contributed by atoms with van der Waals surface area (Å²) in [5, 5.41) is 13.1. The van der Waals surface area contributed by atoms with Crippen molar-refractivity contribution in [1.29, 1.82) is 0 Å². The van der Waals surface area contributed by atoms with E-state index in [4.69, 9.17) is 18.9 Å². The summed E-state index contributed by atoms with van der Waals surface area (Å²) >= 11 is 3.44. The number of hydrogen-bond acceptors (Lipinski definition) is 9. The smallest absolute Gasteiger partial charge is 0.336 e. The van der Waals surface area contributed by atoms with Gasteiger partial charge < -0.3 is 18.9 Å². The number of nitrogens with zero attached hydrogens (tertiary/aromatic N) is 2. The molecule has 1 saturated heterocycles. The maximum Gasteiger partial charge on any atom is 0.336 e. The number of benzene rings is 3. The van der Waals surface area contributed by atoms with Gasteiger partial charge in [0.25, 0.3) is 17.5 Å². The van der Waals surface area contributed by atoms with Gasteiger partial charge in [-0.05, 0) is 83.4 Å². The van der Waals surface area contributed by atoms with Gasteiger partial charge in [-0.15, -0.1) is 0 Å². The number of barbiturate groups is 1. The molecule has 4 amide bonds. The summed E-state index contributed by atoms with van der Waals surface area (Å²) in [6, 6.07) is 12.9. The van der Waals surface area contributed by atoms with E-state index in [1.807, 2.05) is 0 Å². The third-order valence-electron chi connectivity index (χ3n) is 5.98. The van der Waals surface area contributed by atoms with Gasteiger partial charge in [-0.1, -0.05) is 0 Å². The van der Waals surface area contributed by atoms with Crippen LogP contribution in [-0.4, -0.2) is 43.1 Å². The lowest BCUT2D eigenvalue weighted by Gasteiger charge is -2.28. The summed E-state index contributed by atoms with van der Waals surface area (Å²) in [6.45, 7) is 4.29. The number of imide groups is 2. The molecular formula is C29H26BrN3O9. The standard InChI is InChI=1S/C29H26BrN3O9/c1-4-40-20-10-11-24(41-5-2)23(15-20)32-28(35)21(27(34)31-29(32)36)12-18-13-22(30)26(25(14-18)39-3)42-16-17-6-8-19(9-7-17)33(37)38/h6-15H,4-5,16H2,1-3H3,(H,31,34,36)/b21-12+. The summed E-state index contributed by atoms with van der Waals surface area (Å²) < 4.78 is 23.0. The number of hydrogen-bond donors (Lipinski definition) is 1. The molecule has 12 nitrogen and oxygen atoms in total. The lowest BCUT2D eigenvalue weighted by molar-refractivity contribution is -0.384.